The van der Waals surface area contributed by atoms with Crippen molar-refractivity contribution in [2.24, 2.45) is 0 Å². The number of hydrogen-bond acceptors (Lipinski definition) is 5. The van der Waals surface area contributed by atoms with Crippen molar-refractivity contribution in [2.75, 3.05) is 26.3 Å². The molecule has 1 aromatic heterocycles. The number of aromatic nitrogens is 2. The van der Waals surface area contributed by atoms with Crippen molar-refractivity contribution in [3.63, 3.8) is 0 Å². The lowest BCUT2D eigenvalue weighted by Gasteiger charge is -2.30. The molecule has 0 unspecified atom stereocenters. The lowest BCUT2D eigenvalue weighted by Crippen LogP contribution is -2.43. The molecule has 0 bridgehead atoms. The minimum Gasteiger partial charge on any atom is -0.467 e. The second-order valence-electron chi connectivity index (χ2n) is 7.10. The summed E-state index contributed by atoms with van der Waals surface area (Å²) in [6, 6.07) is 6.57. The maximum atomic E-state index is 13.8. The smallest absolute Gasteiger partial charge is 0.422 e. The second-order valence-corrected chi connectivity index (χ2v) is 7.10. The Labute approximate surface area is 153 Å². The van der Waals surface area contributed by atoms with Gasteiger partial charge in [0.15, 0.2) is 6.61 Å². The highest BCUT2D eigenvalue weighted by Crippen LogP contribution is 2.40. The molecule has 2 aliphatic heterocycles. The van der Waals surface area contributed by atoms with Gasteiger partial charge in [0.25, 0.3) is 0 Å². The van der Waals surface area contributed by atoms with Gasteiger partial charge in [0, 0.05) is 13.0 Å². The van der Waals surface area contributed by atoms with Crippen LogP contribution in [0.4, 0.5) is 17.6 Å². The Hall–Kier alpha value is -2.16. The number of ether oxygens (including phenoxy) is 2. The summed E-state index contributed by atoms with van der Waals surface area (Å²) >= 11 is 0. The Kier molecular flexibility index (Phi) is 4.57. The van der Waals surface area contributed by atoms with Crippen LogP contribution in [-0.4, -0.2) is 59.1 Å². The summed E-state index contributed by atoms with van der Waals surface area (Å²) in [5.74, 6) is -0.177. The summed E-state index contributed by atoms with van der Waals surface area (Å²) in [5.41, 5.74) is 0.0387. The van der Waals surface area contributed by atoms with Crippen molar-refractivity contribution in [3.8, 4) is 11.9 Å². The molecule has 9 heteroatoms. The van der Waals surface area contributed by atoms with Gasteiger partial charge in [-0.05, 0) is 31.5 Å². The summed E-state index contributed by atoms with van der Waals surface area (Å²) in [5, 5.41) is 0.374. The van der Waals surface area contributed by atoms with Crippen LogP contribution in [0.3, 0.4) is 0 Å². The number of nitrogens with zero attached hydrogens (tertiary/aromatic N) is 3. The van der Waals surface area contributed by atoms with E-state index in [1.165, 1.54) is 0 Å². The molecule has 2 aliphatic rings. The second kappa shape index (κ2) is 6.78. The highest BCUT2D eigenvalue weighted by Gasteiger charge is 2.49. The fraction of sp³-hybridized carbons (Fsp3) is 0.556. The standard InChI is InChI=1S/C18H19F4N3O2/c19-12-8-17(6-3-7-25(17)9-12)10-27-16-23-14-5-2-1-4-13(14)15(24-16)26-11-18(20,21)22/h1-2,4-5,12H,3,6-11H2/t12-,17+/m1/s1. The summed E-state index contributed by atoms with van der Waals surface area (Å²) in [4.78, 5) is 10.4. The van der Waals surface area contributed by atoms with Gasteiger partial charge in [-0.2, -0.15) is 23.1 Å². The third-order valence-electron chi connectivity index (χ3n) is 5.15. The minimum atomic E-state index is -4.48. The number of rotatable bonds is 5. The molecule has 0 amide bonds. The van der Waals surface area contributed by atoms with Crippen LogP contribution in [0.15, 0.2) is 24.3 Å². The average molecular weight is 385 g/mol. The van der Waals surface area contributed by atoms with Crippen LogP contribution in [-0.2, 0) is 0 Å². The fourth-order valence-corrected chi connectivity index (χ4v) is 4.00. The van der Waals surface area contributed by atoms with Crippen molar-refractivity contribution < 1.29 is 27.0 Å². The van der Waals surface area contributed by atoms with Crippen LogP contribution in [0.2, 0.25) is 0 Å². The zero-order chi connectivity index (χ0) is 19.1. The molecule has 5 nitrogen and oxygen atoms in total. The van der Waals surface area contributed by atoms with Crippen LogP contribution in [0.25, 0.3) is 10.9 Å². The van der Waals surface area contributed by atoms with Gasteiger partial charge >= 0.3 is 12.2 Å². The summed E-state index contributed by atoms with van der Waals surface area (Å²) in [6.07, 6.45) is -3.20. The van der Waals surface area contributed by atoms with Crippen LogP contribution < -0.4 is 9.47 Å². The summed E-state index contributed by atoms with van der Waals surface area (Å²) in [7, 11) is 0. The van der Waals surface area contributed by atoms with E-state index in [2.05, 4.69) is 14.9 Å². The van der Waals surface area contributed by atoms with Crippen molar-refractivity contribution >= 4 is 10.9 Å². The third-order valence-corrected chi connectivity index (χ3v) is 5.15. The molecule has 2 saturated heterocycles. The maximum absolute atomic E-state index is 13.8. The molecule has 0 radical (unpaired) electrons. The first-order chi connectivity index (χ1) is 12.8. The lowest BCUT2D eigenvalue weighted by atomic mass is 9.95. The van der Waals surface area contributed by atoms with Gasteiger partial charge < -0.3 is 9.47 Å². The summed E-state index contributed by atoms with van der Waals surface area (Å²) in [6.45, 7) is -0.0383. The Morgan fingerprint density at radius 2 is 2.00 bits per heavy atom. The monoisotopic (exact) mass is 385 g/mol. The normalized spacial score (nSPS) is 25.7. The number of para-hydroxylation sites is 1. The van der Waals surface area contributed by atoms with Crippen LogP contribution in [0, 0.1) is 0 Å². The highest BCUT2D eigenvalue weighted by molar-refractivity contribution is 5.83. The van der Waals surface area contributed by atoms with Gasteiger partial charge in [0.2, 0.25) is 5.88 Å². The van der Waals surface area contributed by atoms with Crippen LogP contribution in [0.1, 0.15) is 19.3 Å². The maximum Gasteiger partial charge on any atom is 0.422 e. The molecule has 2 aromatic rings. The Bertz CT molecular complexity index is 832. The fourth-order valence-electron chi connectivity index (χ4n) is 4.00. The quantitative estimate of drug-likeness (QED) is 0.737. The third kappa shape index (κ3) is 3.78. The predicted molar refractivity (Wildman–Crippen MR) is 89.6 cm³/mol. The molecule has 27 heavy (non-hydrogen) atoms. The minimum absolute atomic E-state index is 0.0607. The van der Waals surface area contributed by atoms with E-state index in [4.69, 9.17) is 9.47 Å². The van der Waals surface area contributed by atoms with E-state index in [-0.39, 0.29) is 24.0 Å². The van der Waals surface area contributed by atoms with Gasteiger partial charge in [-0.25, -0.2) is 4.39 Å². The number of fused-ring (bicyclic) bond motifs is 2. The average Bonchev–Trinajstić information content (AvgIpc) is 3.13. The number of halogens is 4. The first kappa shape index (κ1) is 18.2. The topological polar surface area (TPSA) is 47.5 Å². The number of benzene rings is 1. The lowest BCUT2D eigenvalue weighted by molar-refractivity contribution is -0.153. The van der Waals surface area contributed by atoms with Gasteiger partial charge in [-0.3, -0.25) is 4.90 Å². The van der Waals surface area contributed by atoms with Gasteiger partial charge in [-0.1, -0.05) is 12.1 Å². The number of hydrogen-bond donors (Lipinski definition) is 0. The molecule has 146 valence electrons. The van der Waals surface area contributed by atoms with Gasteiger partial charge in [0.05, 0.1) is 16.4 Å². The van der Waals surface area contributed by atoms with E-state index in [9.17, 15) is 17.6 Å². The van der Waals surface area contributed by atoms with E-state index in [0.29, 0.717) is 23.9 Å². The van der Waals surface area contributed by atoms with Crippen LogP contribution in [0.5, 0.6) is 11.9 Å². The van der Waals surface area contributed by atoms with E-state index < -0.39 is 19.0 Å². The molecule has 1 aromatic carbocycles. The Morgan fingerprint density at radius 1 is 1.19 bits per heavy atom. The van der Waals surface area contributed by atoms with Crippen molar-refractivity contribution in [3.05, 3.63) is 24.3 Å². The Morgan fingerprint density at radius 3 is 2.81 bits per heavy atom. The van der Waals surface area contributed by atoms with Crippen LogP contribution >= 0.6 is 0 Å². The molecular weight excluding hydrogens is 366 g/mol. The van der Waals surface area contributed by atoms with E-state index >= 15 is 0 Å². The zero-order valence-corrected chi connectivity index (χ0v) is 14.5. The molecule has 0 spiro atoms. The van der Waals surface area contributed by atoms with Crippen molar-refractivity contribution in [1.82, 2.24) is 14.9 Å². The zero-order valence-electron chi connectivity index (χ0n) is 14.5. The first-order valence-corrected chi connectivity index (χ1v) is 8.83. The molecular formula is C18H19F4N3O2. The summed E-state index contributed by atoms with van der Waals surface area (Å²) < 4.78 is 62.1. The SMILES string of the molecule is F[C@H]1CN2CCC[C@@]2(COc2nc(OCC(F)(F)F)c3ccccc3n2)C1. The molecule has 4 rings (SSSR count). The highest BCUT2D eigenvalue weighted by atomic mass is 19.4. The molecule has 3 heterocycles. The molecule has 2 atom stereocenters. The van der Waals surface area contributed by atoms with E-state index in [1.807, 2.05) is 0 Å². The predicted octanol–water partition coefficient (Wildman–Crippen LogP) is 3.53. The van der Waals surface area contributed by atoms with Crippen molar-refractivity contribution in [2.45, 2.75) is 37.1 Å². The molecule has 0 saturated carbocycles. The molecule has 0 aliphatic carbocycles. The van der Waals surface area contributed by atoms with E-state index in [0.717, 1.165) is 19.4 Å². The van der Waals surface area contributed by atoms with Gasteiger partial charge in [0.1, 0.15) is 12.8 Å². The molecule has 2 fully saturated rings. The molecule has 0 N–H and O–H groups in total. The largest absolute Gasteiger partial charge is 0.467 e. The number of alkyl halides is 4. The van der Waals surface area contributed by atoms with Crippen molar-refractivity contribution in [1.29, 1.82) is 0 Å². The van der Waals surface area contributed by atoms with E-state index in [1.54, 1.807) is 24.3 Å². The Balaban J connectivity index is 1.56. The first-order valence-electron chi connectivity index (χ1n) is 8.83. The van der Waals surface area contributed by atoms with Gasteiger partial charge in [-0.15, -0.1) is 0 Å².